The van der Waals surface area contributed by atoms with Gasteiger partial charge in [-0.15, -0.1) is 0 Å². The van der Waals surface area contributed by atoms with Crippen LogP contribution in [0.25, 0.3) is 10.9 Å². The van der Waals surface area contributed by atoms with Gasteiger partial charge >= 0.3 is 11.9 Å². The highest BCUT2D eigenvalue weighted by Crippen LogP contribution is 2.19. The number of esters is 2. The maximum absolute atomic E-state index is 11.9. The Labute approximate surface area is 128 Å². The van der Waals surface area contributed by atoms with Crippen molar-refractivity contribution in [1.29, 1.82) is 0 Å². The predicted molar refractivity (Wildman–Crippen MR) is 83.3 cm³/mol. The molecule has 22 heavy (non-hydrogen) atoms. The van der Waals surface area contributed by atoms with Gasteiger partial charge in [-0.1, -0.05) is 18.2 Å². The van der Waals surface area contributed by atoms with Crippen LogP contribution in [0.3, 0.4) is 0 Å². The van der Waals surface area contributed by atoms with Crippen molar-refractivity contribution in [2.45, 2.75) is 13.8 Å². The molecule has 6 nitrogen and oxygen atoms in total. The van der Waals surface area contributed by atoms with Crippen LogP contribution in [0.4, 0.5) is 5.82 Å². The minimum atomic E-state index is -0.616. The zero-order chi connectivity index (χ0) is 15.9. The number of carbonyl (C=O) groups excluding carboxylic acids is 2. The van der Waals surface area contributed by atoms with E-state index in [1.165, 1.54) is 0 Å². The normalized spacial score (nSPS) is 11.3. The summed E-state index contributed by atoms with van der Waals surface area (Å²) in [5.41, 5.74) is 0.941. The molecule has 0 aliphatic rings. The van der Waals surface area contributed by atoms with Crippen molar-refractivity contribution in [3.8, 4) is 0 Å². The molecule has 0 amide bonds. The number of anilines is 1. The first kappa shape index (κ1) is 15.6. The van der Waals surface area contributed by atoms with Crippen LogP contribution >= 0.6 is 0 Å². The second-order valence-corrected chi connectivity index (χ2v) is 4.43. The van der Waals surface area contributed by atoms with Crippen LogP contribution in [-0.4, -0.2) is 30.1 Å². The summed E-state index contributed by atoms with van der Waals surface area (Å²) in [7, 11) is 0. The molecular weight excluding hydrogens is 284 g/mol. The highest BCUT2D eigenvalue weighted by molar-refractivity contribution is 5.99. The molecule has 0 aliphatic carbocycles. The fourth-order valence-corrected chi connectivity index (χ4v) is 1.94. The van der Waals surface area contributed by atoms with E-state index in [4.69, 9.17) is 9.47 Å². The second kappa shape index (κ2) is 7.31. The number of nitrogens with one attached hydrogen (secondary N) is 2. The summed E-state index contributed by atoms with van der Waals surface area (Å²) in [6.45, 7) is 3.84. The minimum absolute atomic E-state index is 0.0202. The Kier molecular flexibility index (Phi) is 5.19. The van der Waals surface area contributed by atoms with Crippen LogP contribution in [0.5, 0.6) is 0 Å². The van der Waals surface area contributed by atoms with Crippen molar-refractivity contribution >= 4 is 28.7 Å². The predicted octanol–water partition coefficient (Wildman–Crippen LogP) is 2.59. The number of ether oxygens (including phenoxy) is 2. The summed E-state index contributed by atoms with van der Waals surface area (Å²) in [5, 5.41) is 3.86. The molecule has 2 aromatic rings. The molecular formula is C16H18N2O4. The van der Waals surface area contributed by atoms with E-state index < -0.39 is 11.9 Å². The lowest BCUT2D eigenvalue weighted by Crippen LogP contribution is -2.17. The molecule has 0 spiro atoms. The third-order valence-corrected chi connectivity index (χ3v) is 2.84. The van der Waals surface area contributed by atoms with Crippen LogP contribution < -0.4 is 5.32 Å². The molecule has 0 fully saturated rings. The molecule has 2 N–H and O–H groups in total. The van der Waals surface area contributed by atoms with Crippen molar-refractivity contribution in [3.63, 3.8) is 0 Å². The Morgan fingerprint density at radius 2 is 1.91 bits per heavy atom. The fourth-order valence-electron chi connectivity index (χ4n) is 1.94. The van der Waals surface area contributed by atoms with Gasteiger partial charge in [0.1, 0.15) is 11.5 Å². The third kappa shape index (κ3) is 3.88. The van der Waals surface area contributed by atoms with Crippen LogP contribution in [0, 0.1) is 0 Å². The van der Waals surface area contributed by atoms with E-state index in [0.29, 0.717) is 5.82 Å². The smallest absolute Gasteiger partial charge is 0.355 e. The molecule has 1 aromatic heterocycles. The average molecular weight is 302 g/mol. The van der Waals surface area contributed by atoms with Gasteiger partial charge in [-0.3, -0.25) is 0 Å². The first-order valence-corrected chi connectivity index (χ1v) is 7.04. The van der Waals surface area contributed by atoms with Crippen molar-refractivity contribution in [1.82, 2.24) is 4.98 Å². The third-order valence-electron chi connectivity index (χ3n) is 2.84. The van der Waals surface area contributed by atoms with E-state index in [9.17, 15) is 9.59 Å². The van der Waals surface area contributed by atoms with Crippen molar-refractivity contribution in [2.75, 3.05) is 18.5 Å². The van der Waals surface area contributed by atoms with Gasteiger partial charge in [-0.05, 0) is 26.0 Å². The summed E-state index contributed by atoms with van der Waals surface area (Å²) >= 11 is 0. The van der Waals surface area contributed by atoms with E-state index >= 15 is 0 Å². The monoisotopic (exact) mass is 302 g/mol. The molecule has 1 aromatic carbocycles. The first-order valence-electron chi connectivity index (χ1n) is 7.04. The Morgan fingerprint density at radius 1 is 1.18 bits per heavy atom. The van der Waals surface area contributed by atoms with E-state index in [1.807, 2.05) is 30.3 Å². The van der Waals surface area contributed by atoms with Gasteiger partial charge in [0, 0.05) is 10.9 Å². The zero-order valence-electron chi connectivity index (χ0n) is 12.5. The summed E-state index contributed by atoms with van der Waals surface area (Å²) in [6, 6.07) is 9.52. The van der Waals surface area contributed by atoms with E-state index in [-0.39, 0.29) is 18.9 Å². The number of hydrogen-bond donors (Lipinski definition) is 2. The maximum Gasteiger partial charge on any atom is 0.355 e. The fraction of sp³-hybridized carbons (Fsp3) is 0.250. The van der Waals surface area contributed by atoms with Gasteiger partial charge in [-0.2, -0.15) is 0 Å². The number of fused-ring (bicyclic) bond motifs is 1. The lowest BCUT2D eigenvalue weighted by atomic mass is 10.2. The molecule has 0 atom stereocenters. The number of para-hydroxylation sites is 1. The number of rotatable bonds is 6. The Balaban J connectivity index is 2.24. The lowest BCUT2D eigenvalue weighted by Gasteiger charge is -2.08. The molecule has 1 heterocycles. The van der Waals surface area contributed by atoms with Gasteiger partial charge in [0.2, 0.25) is 0 Å². The molecule has 0 saturated heterocycles. The van der Waals surface area contributed by atoms with Gasteiger partial charge in [0.15, 0.2) is 0 Å². The van der Waals surface area contributed by atoms with Gasteiger partial charge < -0.3 is 19.8 Å². The number of carbonyl (C=O) groups is 2. The summed E-state index contributed by atoms with van der Waals surface area (Å²) in [4.78, 5) is 26.6. The van der Waals surface area contributed by atoms with Crippen molar-refractivity contribution in [2.24, 2.45) is 0 Å². The highest BCUT2D eigenvalue weighted by Gasteiger charge is 2.14. The molecule has 0 radical (unpaired) electrons. The Morgan fingerprint density at radius 3 is 2.59 bits per heavy atom. The number of aromatic amines is 1. The number of benzene rings is 1. The van der Waals surface area contributed by atoms with Crippen LogP contribution in [0.1, 0.15) is 13.8 Å². The van der Waals surface area contributed by atoms with Crippen LogP contribution in [0.2, 0.25) is 0 Å². The molecule has 2 rings (SSSR count). The SMILES string of the molecule is CCOC(=O)/C=C(\Nc1cc2ccccc2[nH]1)C(=O)OCC. The summed E-state index contributed by atoms with van der Waals surface area (Å²) < 4.78 is 9.76. The molecule has 0 aliphatic heterocycles. The van der Waals surface area contributed by atoms with Crippen molar-refractivity contribution < 1.29 is 19.1 Å². The molecule has 0 unspecified atom stereocenters. The lowest BCUT2D eigenvalue weighted by molar-refractivity contribution is -0.140. The second-order valence-electron chi connectivity index (χ2n) is 4.43. The van der Waals surface area contributed by atoms with E-state index in [2.05, 4.69) is 10.3 Å². The number of hydrogen-bond acceptors (Lipinski definition) is 5. The van der Waals surface area contributed by atoms with Gasteiger partial charge in [0.25, 0.3) is 0 Å². The number of aromatic nitrogens is 1. The number of H-pyrrole nitrogens is 1. The van der Waals surface area contributed by atoms with Crippen molar-refractivity contribution in [3.05, 3.63) is 42.1 Å². The van der Waals surface area contributed by atoms with Gasteiger partial charge in [-0.25, -0.2) is 9.59 Å². The quantitative estimate of drug-likeness (QED) is 0.633. The van der Waals surface area contributed by atoms with E-state index in [0.717, 1.165) is 17.0 Å². The molecule has 0 bridgehead atoms. The largest absolute Gasteiger partial charge is 0.463 e. The molecule has 0 saturated carbocycles. The summed E-state index contributed by atoms with van der Waals surface area (Å²) in [5.74, 6) is -0.631. The summed E-state index contributed by atoms with van der Waals surface area (Å²) in [6.07, 6.45) is 1.09. The van der Waals surface area contributed by atoms with Gasteiger partial charge in [0.05, 0.1) is 19.3 Å². The minimum Gasteiger partial charge on any atom is -0.463 e. The molecule has 116 valence electrons. The van der Waals surface area contributed by atoms with E-state index in [1.54, 1.807) is 13.8 Å². The first-order chi connectivity index (χ1) is 10.6. The average Bonchev–Trinajstić information content (AvgIpc) is 2.89. The Bertz CT molecular complexity index is 670. The highest BCUT2D eigenvalue weighted by atomic mass is 16.5. The standard InChI is InChI=1S/C16H18N2O4/c1-3-21-15(19)10-13(16(20)22-4-2)18-14-9-11-7-5-6-8-12(11)17-14/h5-10,17-18H,3-4H2,1-2H3/b13-10-. The Hall–Kier alpha value is -2.76. The maximum atomic E-state index is 11.9. The zero-order valence-corrected chi connectivity index (χ0v) is 12.5. The van der Waals surface area contributed by atoms with Crippen LogP contribution in [0.15, 0.2) is 42.1 Å². The molecule has 6 heteroatoms. The topological polar surface area (TPSA) is 80.4 Å². The van der Waals surface area contributed by atoms with Crippen LogP contribution in [-0.2, 0) is 19.1 Å².